The monoisotopic (exact) mass is 383 g/mol. The number of nitrogens with one attached hydrogen (secondary N) is 3. The summed E-state index contributed by atoms with van der Waals surface area (Å²) in [6.45, 7) is 0. The van der Waals surface area contributed by atoms with Gasteiger partial charge in [-0.2, -0.15) is 0 Å². The minimum absolute atomic E-state index is 0.153. The predicted molar refractivity (Wildman–Crippen MR) is 89.5 cm³/mol. The van der Waals surface area contributed by atoms with Gasteiger partial charge >= 0.3 is 6.03 Å². The Balaban J connectivity index is 2.21. The van der Waals surface area contributed by atoms with Crippen molar-refractivity contribution in [3.8, 4) is 0 Å². The number of anilines is 2. The molecule has 8 heteroatoms. The lowest BCUT2D eigenvalue weighted by Crippen LogP contribution is -2.24. The Morgan fingerprint density at radius 2 is 1.68 bits per heavy atom. The minimum atomic E-state index is -3.68. The summed E-state index contributed by atoms with van der Waals surface area (Å²) in [5, 5.41) is 4.99. The van der Waals surface area contributed by atoms with Crippen molar-refractivity contribution in [3.05, 3.63) is 53.0 Å². The Morgan fingerprint density at radius 1 is 1.05 bits per heavy atom. The molecule has 0 unspecified atom stereocenters. The maximum atomic E-state index is 12.3. The van der Waals surface area contributed by atoms with E-state index >= 15 is 0 Å². The first-order valence-corrected chi connectivity index (χ1v) is 8.55. The molecule has 0 aliphatic heterocycles. The van der Waals surface area contributed by atoms with Gasteiger partial charge in [0.15, 0.2) is 0 Å². The Hall–Kier alpha value is -2.06. The Morgan fingerprint density at radius 3 is 2.32 bits per heavy atom. The molecule has 22 heavy (non-hydrogen) atoms. The fourth-order valence-electron chi connectivity index (χ4n) is 1.68. The van der Waals surface area contributed by atoms with Gasteiger partial charge in [-0.25, -0.2) is 13.2 Å². The number of sulfonamides is 1. The van der Waals surface area contributed by atoms with E-state index in [-0.39, 0.29) is 10.9 Å². The van der Waals surface area contributed by atoms with Crippen molar-refractivity contribution in [2.45, 2.75) is 4.90 Å². The summed E-state index contributed by atoms with van der Waals surface area (Å²) in [6, 6.07) is 12.4. The number of amides is 2. The van der Waals surface area contributed by atoms with Crippen molar-refractivity contribution in [2.24, 2.45) is 0 Å². The molecule has 0 aromatic heterocycles. The molecular formula is C14H14BrN3O3S. The molecule has 0 fully saturated rings. The number of rotatable bonds is 4. The number of benzene rings is 2. The quantitative estimate of drug-likeness (QED) is 0.758. The molecule has 116 valence electrons. The highest BCUT2D eigenvalue weighted by molar-refractivity contribution is 9.10. The molecular weight excluding hydrogens is 370 g/mol. The third-order valence-corrected chi connectivity index (χ3v) is 4.65. The lowest BCUT2D eigenvalue weighted by atomic mass is 10.3. The van der Waals surface area contributed by atoms with Crippen molar-refractivity contribution in [1.82, 2.24) is 5.32 Å². The van der Waals surface area contributed by atoms with E-state index in [1.807, 2.05) is 0 Å². The fraction of sp³-hybridized carbons (Fsp3) is 0.0714. The number of hydrogen-bond donors (Lipinski definition) is 3. The van der Waals surface area contributed by atoms with E-state index in [9.17, 15) is 13.2 Å². The van der Waals surface area contributed by atoms with Gasteiger partial charge in [-0.15, -0.1) is 0 Å². The zero-order valence-corrected chi connectivity index (χ0v) is 14.0. The van der Waals surface area contributed by atoms with E-state index in [0.29, 0.717) is 11.4 Å². The zero-order chi connectivity index (χ0) is 16.2. The SMILES string of the molecule is CNC(=O)Nc1cccc(NS(=O)(=O)c2ccc(Br)cc2)c1. The van der Waals surface area contributed by atoms with Crippen LogP contribution in [0.1, 0.15) is 0 Å². The molecule has 0 saturated carbocycles. The van der Waals surface area contributed by atoms with Crippen LogP contribution in [0.5, 0.6) is 0 Å². The third-order valence-electron chi connectivity index (χ3n) is 2.72. The fourth-order valence-corrected chi connectivity index (χ4v) is 3.00. The number of halogens is 1. The third kappa shape index (κ3) is 4.22. The highest BCUT2D eigenvalue weighted by Crippen LogP contribution is 2.20. The van der Waals surface area contributed by atoms with Gasteiger partial charge in [0.2, 0.25) is 0 Å². The molecule has 2 aromatic rings. The van der Waals surface area contributed by atoms with Gasteiger partial charge < -0.3 is 10.6 Å². The van der Waals surface area contributed by atoms with Gasteiger partial charge in [0, 0.05) is 17.2 Å². The Kier molecular flexibility index (Phi) is 5.04. The highest BCUT2D eigenvalue weighted by atomic mass is 79.9. The molecule has 0 spiro atoms. The summed E-state index contributed by atoms with van der Waals surface area (Å²) >= 11 is 3.26. The maximum Gasteiger partial charge on any atom is 0.318 e. The van der Waals surface area contributed by atoms with Crippen LogP contribution >= 0.6 is 15.9 Å². The summed E-state index contributed by atoms with van der Waals surface area (Å²) < 4.78 is 27.8. The van der Waals surface area contributed by atoms with Gasteiger partial charge in [0.05, 0.1) is 10.6 Å². The average molecular weight is 384 g/mol. The van der Waals surface area contributed by atoms with Gasteiger partial charge in [0.1, 0.15) is 0 Å². The van der Waals surface area contributed by atoms with Crippen molar-refractivity contribution >= 4 is 43.4 Å². The van der Waals surface area contributed by atoms with Crippen molar-refractivity contribution in [1.29, 1.82) is 0 Å². The van der Waals surface area contributed by atoms with Crippen LogP contribution < -0.4 is 15.4 Å². The topological polar surface area (TPSA) is 87.3 Å². The molecule has 6 nitrogen and oxygen atoms in total. The molecule has 0 atom stereocenters. The van der Waals surface area contributed by atoms with Crippen molar-refractivity contribution in [3.63, 3.8) is 0 Å². The van der Waals surface area contributed by atoms with Gasteiger partial charge in [-0.05, 0) is 42.5 Å². The number of urea groups is 1. The van der Waals surface area contributed by atoms with Crippen LogP contribution in [-0.4, -0.2) is 21.5 Å². The lowest BCUT2D eigenvalue weighted by Gasteiger charge is -2.10. The van der Waals surface area contributed by atoms with E-state index in [4.69, 9.17) is 0 Å². The van der Waals surface area contributed by atoms with Gasteiger partial charge in [-0.3, -0.25) is 4.72 Å². The summed E-state index contributed by atoms with van der Waals surface area (Å²) in [7, 11) is -2.18. The minimum Gasteiger partial charge on any atom is -0.341 e. The highest BCUT2D eigenvalue weighted by Gasteiger charge is 2.14. The largest absolute Gasteiger partial charge is 0.341 e. The van der Waals surface area contributed by atoms with Crippen molar-refractivity contribution in [2.75, 3.05) is 17.1 Å². The number of hydrogen-bond acceptors (Lipinski definition) is 3. The van der Waals surface area contributed by atoms with Crippen LogP contribution in [-0.2, 0) is 10.0 Å². The molecule has 2 rings (SSSR count). The predicted octanol–water partition coefficient (Wildman–Crippen LogP) is 3.00. The maximum absolute atomic E-state index is 12.3. The molecule has 0 radical (unpaired) electrons. The second-order valence-corrected chi connectivity index (χ2v) is 6.94. The molecule has 0 aliphatic rings. The van der Waals surface area contributed by atoms with Crippen molar-refractivity contribution < 1.29 is 13.2 Å². The van der Waals surface area contributed by atoms with E-state index in [2.05, 4.69) is 31.3 Å². The van der Waals surface area contributed by atoms with E-state index in [0.717, 1.165) is 4.47 Å². The van der Waals surface area contributed by atoms with E-state index < -0.39 is 10.0 Å². The molecule has 3 N–H and O–H groups in total. The molecule has 2 amide bonds. The molecule has 0 aliphatic carbocycles. The lowest BCUT2D eigenvalue weighted by molar-refractivity contribution is 0.254. The first-order valence-electron chi connectivity index (χ1n) is 6.28. The van der Waals surface area contributed by atoms with Crippen LogP contribution in [0.2, 0.25) is 0 Å². The Bertz CT molecular complexity index is 776. The molecule has 0 bridgehead atoms. The van der Waals surface area contributed by atoms with Crippen LogP contribution in [0, 0.1) is 0 Å². The first-order chi connectivity index (χ1) is 10.4. The molecule has 2 aromatic carbocycles. The van der Waals surface area contributed by atoms with Gasteiger partial charge in [-0.1, -0.05) is 22.0 Å². The molecule has 0 heterocycles. The normalized spacial score (nSPS) is 10.8. The first kappa shape index (κ1) is 16.3. The summed E-state index contributed by atoms with van der Waals surface area (Å²) in [5.41, 5.74) is 0.840. The van der Waals surface area contributed by atoms with Crippen LogP contribution in [0.3, 0.4) is 0 Å². The number of carbonyl (C=O) groups is 1. The standard InChI is InChI=1S/C14H14BrN3O3S/c1-16-14(19)17-11-3-2-4-12(9-11)18-22(20,21)13-7-5-10(15)6-8-13/h2-9,18H,1H3,(H2,16,17,19). The summed E-state index contributed by atoms with van der Waals surface area (Å²) in [6.07, 6.45) is 0. The van der Waals surface area contributed by atoms with Crippen LogP contribution in [0.15, 0.2) is 57.9 Å². The average Bonchev–Trinajstić information content (AvgIpc) is 2.47. The van der Waals surface area contributed by atoms with Gasteiger partial charge in [0.25, 0.3) is 10.0 Å². The van der Waals surface area contributed by atoms with E-state index in [1.165, 1.54) is 25.2 Å². The number of carbonyl (C=O) groups excluding carboxylic acids is 1. The second-order valence-electron chi connectivity index (χ2n) is 4.34. The summed E-state index contributed by atoms with van der Waals surface area (Å²) in [5.74, 6) is 0. The van der Waals surface area contributed by atoms with Crippen LogP contribution in [0.4, 0.5) is 16.2 Å². The smallest absolute Gasteiger partial charge is 0.318 e. The zero-order valence-electron chi connectivity index (χ0n) is 11.6. The summed E-state index contributed by atoms with van der Waals surface area (Å²) in [4.78, 5) is 11.4. The molecule has 0 saturated heterocycles. The van der Waals surface area contributed by atoms with E-state index in [1.54, 1.807) is 30.3 Å². The van der Waals surface area contributed by atoms with Crippen LogP contribution in [0.25, 0.3) is 0 Å². The Labute approximate surface area is 137 Å². The second kappa shape index (κ2) is 6.80.